The van der Waals surface area contributed by atoms with Crippen molar-refractivity contribution in [2.75, 3.05) is 6.54 Å². The summed E-state index contributed by atoms with van der Waals surface area (Å²) in [6.07, 6.45) is 5.92. The second-order valence-electron chi connectivity index (χ2n) is 4.79. The smallest absolute Gasteiger partial charge is 0.167 e. The lowest BCUT2D eigenvalue weighted by molar-refractivity contribution is 0.227. The molecule has 0 atom stereocenters. The van der Waals surface area contributed by atoms with E-state index in [0.717, 1.165) is 17.8 Å². The molecular formula is C15H11BrFN3O. The molecule has 0 radical (unpaired) electrons. The van der Waals surface area contributed by atoms with Crippen LogP contribution in [0.15, 0.2) is 41.2 Å². The zero-order chi connectivity index (χ0) is 14.4. The molecule has 0 fully saturated rings. The molecule has 1 aromatic heterocycles. The molecule has 1 N–H and O–H groups in total. The molecule has 2 aromatic rings. The number of rotatable bonds is 1. The highest BCUT2D eigenvalue weighted by molar-refractivity contribution is 9.10. The normalized spacial score (nSPS) is 15.6. The Hall–Kier alpha value is -2.08. The minimum Gasteiger partial charge on any atom is -0.472 e. The van der Waals surface area contributed by atoms with Crippen molar-refractivity contribution in [1.82, 2.24) is 14.9 Å². The van der Waals surface area contributed by atoms with Crippen LogP contribution in [0.3, 0.4) is 0 Å². The molecule has 0 aliphatic carbocycles. The third kappa shape index (κ3) is 1.90. The van der Waals surface area contributed by atoms with Crippen molar-refractivity contribution < 1.29 is 9.13 Å². The van der Waals surface area contributed by atoms with Crippen LogP contribution in [0.2, 0.25) is 0 Å². The third-order valence-corrected chi connectivity index (χ3v) is 4.12. The fourth-order valence-electron chi connectivity index (χ4n) is 2.62. The van der Waals surface area contributed by atoms with Gasteiger partial charge in [0.25, 0.3) is 0 Å². The predicted octanol–water partition coefficient (Wildman–Crippen LogP) is 3.30. The number of imidazole rings is 1. The zero-order valence-corrected chi connectivity index (χ0v) is 12.5. The first-order chi connectivity index (χ1) is 10.3. The second kappa shape index (κ2) is 4.73. The van der Waals surface area contributed by atoms with Gasteiger partial charge in [-0.05, 0) is 40.3 Å². The molecule has 0 saturated heterocycles. The van der Waals surface area contributed by atoms with Crippen molar-refractivity contribution in [3.8, 4) is 17.1 Å². The molecule has 0 bridgehead atoms. The predicted molar refractivity (Wildman–Crippen MR) is 81.1 cm³/mol. The van der Waals surface area contributed by atoms with Crippen LogP contribution in [-0.4, -0.2) is 16.1 Å². The Morgan fingerprint density at radius 2 is 2.29 bits per heavy atom. The summed E-state index contributed by atoms with van der Waals surface area (Å²) in [7, 11) is 0. The van der Waals surface area contributed by atoms with Gasteiger partial charge in [0.1, 0.15) is 16.2 Å². The van der Waals surface area contributed by atoms with E-state index in [-0.39, 0.29) is 5.82 Å². The number of ether oxygens (including phenoxy) is 1. The van der Waals surface area contributed by atoms with Gasteiger partial charge in [-0.15, -0.1) is 0 Å². The van der Waals surface area contributed by atoms with Crippen molar-refractivity contribution in [2.24, 2.45) is 0 Å². The van der Waals surface area contributed by atoms with E-state index < -0.39 is 0 Å². The van der Waals surface area contributed by atoms with Gasteiger partial charge in [-0.1, -0.05) is 12.1 Å². The average Bonchev–Trinajstić information content (AvgIpc) is 2.84. The molecule has 21 heavy (non-hydrogen) atoms. The summed E-state index contributed by atoms with van der Waals surface area (Å²) in [5, 5.41) is 3.11. The first kappa shape index (κ1) is 12.6. The van der Waals surface area contributed by atoms with Gasteiger partial charge >= 0.3 is 0 Å². The van der Waals surface area contributed by atoms with E-state index >= 15 is 0 Å². The number of nitrogens with zero attached hydrogens (tertiary/aromatic N) is 2. The Balaban J connectivity index is 1.94. The Morgan fingerprint density at radius 3 is 3.10 bits per heavy atom. The van der Waals surface area contributed by atoms with E-state index in [9.17, 15) is 4.39 Å². The monoisotopic (exact) mass is 347 g/mol. The Bertz CT molecular complexity index is 794. The van der Waals surface area contributed by atoms with Gasteiger partial charge < -0.3 is 10.1 Å². The number of nitrogens with one attached hydrogen (secondary N) is 1. The summed E-state index contributed by atoms with van der Waals surface area (Å²) >= 11 is 3.48. The summed E-state index contributed by atoms with van der Waals surface area (Å²) < 4.78 is 22.4. The lowest BCUT2D eigenvalue weighted by Crippen LogP contribution is -2.17. The van der Waals surface area contributed by atoms with Crippen LogP contribution < -0.4 is 10.1 Å². The van der Waals surface area contributed by atoms with E-state index in [2.05, 4.69) is 32.3 Å². The molecule has 0 amide bonds. The Kier molecular flexibility index (Phi) is 2.85. The maximum Gasteiger partial charge on any atom is 0.167 e. The summed E-state index contributed by atoms with van der Waals surface area (Å²) in [4.78, 5) is 4.49. The lowest BCUT2D eigenvalue weighted by atomic mass is 10.1. The summed E-state index contributed by atoms with van der Waals surface area (Å²) in [5.74, 6) is 0.790. The third-order valence-electron chi connectivity index (χ3n) is 3.57. The van der Waals surface area contributed by atoms with E-state index in [1.807, 2.05) is 16.8 Å². The van der Waals surface area contributed by atoms with Crippen LogP contribution in [0.4, 0.5) is 4.39 Å². The minimum atomic E-state index is -0.327. The number of dihydropyridines is 1. The molecule has 0 spiro atoms. The highest BCUT2D eigenvalue weighted by Crippen LogP contribution is 2.40. The zero-order valence-electron chi connectivity index (χ0n) is 10.9. The van der Waals surface area contributed by atoms with Crippen LogP contribution in [-0.2, 0) is 6.73 Å². The molecule has 4 nitrogen and oxygen atoms in total. The summed E-state index contributed by atoms with van der Waals surface area (Å²) in [6.45, 7) is 1.07. The molecule has 0 saturated carbocycles. The number of aromatic nitrogens is 2. The van der Waals surface area contributed by atoms with Crippen LogP contribution in [0.1, 0.15) is 5.69 Å². The van der Waals surface area contributed by atoms with Gasteiger partial charge in [-0.25, -0.2) is 9.37 Å². The van der Waals surface area contributed by atoms with E-state index in [1.165, 1.54) is 6.07 Å². The number of hydrogen-bond donors (Lipinski definition) is 1. The fraction of sp³-hybridized carbons (Fsp3) is 0.133. The molecule has 3 heterocycles. The molecule has 1 aromatic carbocycles. The van der Waals surface area contributed by atoms with Crippen molar-refractivity contribution in [3.05, 3.63) is 52.7 Å². The second-order valence-corrected chi connectivity index (χ2v) is 5.54. The number of fused-ring (bicyclic) bond motifs is 3. The molecule has 4 rings (SSSR count). The van der Waals surface area contributed by atoms with Crippen LogP contribution in [0.25, 0.3) is 17.0 Å². The topological polar surface area (TPSA) is 39.1 Å². The largest absolute Gasteiger partial charge is 0.472 e. The van der Waals surface area contributed by atoms with Crippen molar-refractivity contribution in [1.29, 1.82) is 0 Å². The molecule has 2 aliphatic rings. The highest BCUT2D eigenvalue weighted by atomic mass is 79.9. The van der Waals surface area contributed by atoms with Gasteiger partial charge in [-0.3, -0.25) is 4.57 Å². The quantitative estimate of drug-likeness (QED) is 0.860. The highest BCUT2D eigenvalue weighted by Gasteiger charge is 2.27. The van der Waals surface area contributed by atoms with Gasteiger partial charge in [0.15, 0.2) is 12.6 Å². The fourth-order valence-corrected chi connectivity index (χ4v) is 3.23. The SMILES string of the molecule is Fc1cccc2c1-c1nc(Br)c(C3=CCNC=C3)n1CO2. The number of allylic oxidation sites excluding steroid dienone is 2. The maximum absolute atomic E-state index is 14.1. The van der Waals surface area contributed by atoms with E-state index in [4.69, 9.17) is 4.74 Å². The van der Waals surface area contributed by atoms with Gasteiger partial charge in [0.2, 0.25) is 0 Å². The van der Waals surface area contributed by atoms with E-state index in [0.29, 0.717) is 28.5 Å². The van der Waals surface area contributed by atoms with Gasteiger partial charge in [-0.2, -0.15) is 0 Å². The van der Waals surface area contributed by atoms with Crippen molar-refractivity contribution in [2.45, 2.75) is 6.73 Å². The molecule has 106 valence electrons. The molecule has 0 unspecified atom stereocenters. The summed E-state index contributed by atoms with van der Waals surface area (Å²) in [5.41, 5.74) is 2.34. The van der Waals surface area contributed by atoms with Gasteiger partial charge in [0, 0.05) is 12.1 Å². The Labute approximate surface area is 129 Å². The first-order valence-corrected chi connectivity index (χ1v) is 7.33. The Morgan fingerprint density at radius 1 is 1.38 bits per heavy atom. The average molecular weight is 348 g/mol. The summed E-state index contributed by atoms with van der Waals surface area (Å²) in [6, 6.07) is 4.82. The minimum absolute atomic E-state index is 0.318. The standard InChI is InChI=1S/C15H11BrFN3O/c16-14-13(9-4-6-18-7-5-9)20-8-21-11-3-1-2-10(17)12(11)15(20)19-14/h1-6,18H,7-8H2. The first-order valence-electron chi connectivity index (χ1n) is 6.54. The van der Waals surface area contributed by atoms with Crippen molar-refractivity contribution >= 4 is 21.5 Å². The maximum atomic E-state index is 14.1. The van der Waals surface area contributed by atoms with Crippen LogP contribution in [0.5, 0.6) is 5.75 Å². The number of hydrogen-bond acceptors (Lipinski definition) is 3. The van der Waals surface area contributed by atoms with E-state index in [1.54, 1.807) is 12.1 Å². The van der Waals surface area contributed by atoms with Gasteiger partial charge in [0.05, 0.1) is 11.3 Å². The van der Waals surface area contributed by atoms with Crippen LogP contribution >= 0.6 is 15.9 Å². The molecular weight excluding hydrogens is 337 g/mol. The number of benzene rings is 1. The van der Waals surface area contributed by atoms with Crippen LogP contribution in [0, 0.1) is 5.82 Å². The molecule has 6 heteroatoms. The van der Waals surface area contributed by atoms with Crippen molar-refractivity contribution in [3.63, 3.8) is 0 Å². The lowest BCUT2D eigenvalue weighted by Gasteiger charge is -2.21. The number of halogens is 2. The molecule has 2 aliphatic heterocycles.